The molecule has 2 aromatic rings. The number of benzene rings is 1. The maximum absolute atomic E-state index is 13.4. The molecule has 0 spiro atoms. The van der Waals surface area contributed by atoms with E-state index in [0.717, 1.165) is 57.3 Å². The van der Waals surface area contributed by atoms with E-state index in [1.165, 1.54) is 18.7 Å². The number of halogens is 3. The molecule has 0 unspecified atom stereocenters. The number of alkyl halides is 3. The third kappa shape index (κ3) is 7.11. The van der Waals surface area contributed by atoms with Crippen molar-refractivity contribution in [3.05, 3.63) is 47.7 Å². The summed E-state index contributed by atoms with van der Waals surface area (Å²) >= 11 is 0. The summed E-state index contributed by atoms with van der Waals surface area (Å²) in [7, 11) is 0. The van der Waals surface area contributed by atoms with Gasteiger partial charge in [0.15, 0.2) is 0 Å². The Morgan fingerprint density at radius 2 is 1.73 bits per heavy atom. The molecule has 0 radical (unpaired) electrons. The molecule has 220 valence electrons. The van der Waals surface area contributed by atoms with Crippen molar-refractivity contribution in [1.82, 2.24) is 15.2 Å². The summed E-state index contributed by atoms with van der Waals surface area (Å²) in [5.41, 5.74) is 0.154. The molecule has 1 aromatic carbocycles. The molecule has 1 amide bonds. The van der Waals surface area contributed by atoms with Gasteiger partial charge in [-0.25, -0.2) is 4.98 Å². The Labute approximate surface area is 239 Å². The summed E-state index contributed by atoms with van der Waals surface area (Å²) in [4.78, 5) is 24.2. The van der Waals surface area contributed by atoms with Crippen molar-refractivity contribution in [2.75, 3.05) is 67.5 Å². The van der Waals surface area contributed by atoms with Gasteiger partial charge in [-0.15, -0.1) is 0 Å². The zero-order valence-electron chi connectivity index (χ0n) is 23.5. The highest BCUT2D eigenvalue weighted by Gasteiger charge is 2.35. The number of carbonyl (C=O) groups excluding carboxylic acids is 1. The van der Waals surface area contributed by atoms with E-state index in [2.05, 4.69) is 32.3 Å². The second-order valence-corrected chi connectivity index (χ2v) is 11.5. The average Bonchev–Trinajstić information content (AvgIpc) is 2.98. The van der Waals surface area contributed by atoms with Crippen LogP contribution in [0.2, 0.25) is 0 Å². The van der Waals surface area contributed by atoms with Gasteiger partial charge in [0, 0.05) is 70.0 Å². The number of hydrogen-bond donors (Lipinski definition) is 2. The maximum atomic E-state index is 13.4. The van der Waals surface area contributed by atoms with Gasteiger partial charge in [0.05, 0.1) is 29.1 Å². The van der Waals surface area contributed by atoms with Crippen molar-refractivity contribution < 1.29 is 18.0 Å². The van der Waals surface area contributed by atoms with Crippen LogP contribution in [0.25, 0.3) is 0 Å². The lowest BCUT2D eigenvalue weighted by molar-refractivity contribution is -0.137. The minimum Gasteiger partial charge on any atom is -0.371 e. The number of carbonyl (C=O) groups is 1. The third-order valence-corrected chi connectivity index (χ3v) is 8.77. The molecule has 1 atom stereocenters. The van der Waals surface area contributed by atoms with Crippen molar-refractivity contribution in [1.29, 1.82) is 5.26 Å². The first-order valence-electron chi connectivity index (χ1n) is 14.5. The van der Waals surface area contributed by atoms with E-state index in [1.807, 2.05) is 23.2 Å². The fourth-order valence-electron chi connectivity index (χ4n) is 6.20. The van der Waals surface area contributed by atoms with E-state index in [1.54, 1.807) is 6.07 Å². The molecule has 0 saturated carbocycles. The van der Waals surface area contributed by atoms with E-state index in [-0.39, 0.29) is 17.4 Å². The zero-order chi connectivity index (χ0) is 29.0. The summed E-state index contributed by atoms with van der Waals surface area (Å²) < 4.78 is 40.1. The lowest BCUT2D eigenvalue weighted by atomic mass is 9.95. The minimum absolute atomic E-state index is 0.122. The molecule has 0 bridgehead atoms. The number of amides is 1. The van der Waals surface area contributed by atoms with E-state index in [0.29, 0.717) is 49.4 Å². The summed E-state index contributed by atoms with van der Waals surface area (Å²) in [6, 6.07) is 9.83. The second-order valence-electron chi connectivity index (χ2n) is 11.5. The van der Waals surface area contributed by atoms with Crippen LogP contribution in [0.5, 0.6) is 0 Å². The number of rotatable bonds is 6. The van der Waals surface area contributed by atoms with Gasteiger partial charge >= 0.3 is 6.18 Å². The topological polar surface area (TPSA) is 87.5 Å². The number of anilines is 3. The summed E-state index contributed by atoms with van der Waals surface area (Å²) in [6.45, 7) is 9.64. The van der Waals surface area contributed by atoms with Crippen LogP contribution in [-0.2, 0) is 11.0 Å². The zero-order valence-corrected chi connectivity index (χ0v) is 23.5. The highest BCUT2D eigenvalue weighted by molar-refractivity contribution is 5.92. The number of nitrogens with one attached hydrogen (secondary N) is 2. The van der Waals surface area contributed by atoms with Crippen LogP contribution in [0.3, 0.4) is 0 Å². The van der Waals surface area contributed by atoms with Gasteiger partial charge in [-0.2, -0.15) is 18.4 Å². The SMILES string of the molecule is C[C@H]1CNCCN1CC1CCN(c2ccc(NC(=O)C3CCN(c4ccc(C#N)c(C(F)(F)F)c4)CC3)nc2)CC1. The number of aromatic nitrogens is 1. The second kappa shape index (κ2) is 12.7. The Kier molecular flexibility index (Phi) is 9.00. The van der Waals surface area contributed by atoms with Crippen LogP contribution in [0, 0.1) is 23.2 Å². The Morgan fingerprint density at radius 1 is 1.05 bits per heavy atom. The predicted octanol–water partition coefficient (Wildman–Crippen LogP) is 4.34. The molecule has 1 aromatic heterocycles. The van der Waals surface area contributed by atoms with E-state index in [9.17, 15) is 18.0 Å². The van der Waals surface area contributed by atoms with Crippen molar-refractivity contribution >= 4 is 23.1 Å². The molecule has 8 nitrogen and oxygen atoms in total. The summed E-state index contributed by atoms with van der Waals surface area (Å²) in [5.74, 6) is 0.855. The number of piperazine rings is 1. The number of nitrogens with zero attached hydrogens (tertiary/aromatic N) is 5. The summed E-state index contributed by atoms with van der Waals surface area (Å²) in [5, 5.41) is 15.4. The molecule has 11 heteroatoms. The van der Waals surface area contributed by atoms with Gasteiger partial charge in [0.2, 0.25) is 5.91 Å². The Bertz CT molecular complexity index is 1230. The van der Waals surface area contributed by atoms with Crippen molar-refractivity contribution in [3.8, 4) is 6.07 Å². The standard InChI is InChI=1S/C30H38F3N7O/c1-21-18-35-10-15-40(21)20-22-6-11-39(12-7-22)26-4-5-28(36-19-26)37-29(41)23-8-13-38(14-9-23)25-3-2-24(17-34)27(16-25)30(31,32)33/h2-5,16,19,21-23,35H,6-15,18,20H2,1H3,(H,36,37,41)/t21-/m0/s1. The van der Waals surface area contributed by atoms with Gasteiger partial charge < -0.3 is 20.4 Å². The molecule has 41 heavy (non-hydrogen) atoms. The quantitative estimate of drug-likeness (QED) is 0.535. The number of pyridine rings is 1. The van der Waals surface area contributed by atoms with Crippen molar-refractivity contribution in [3.63, 3.8) is 0 Å². The Hall–Kier alpha value is -3.36. The molecule has 3 fully saturated rings. The van der Waals surface area contributed by atoms with Crippen LogP contribution in [0.15, 0.2) is 36.5 Å². The van der Waals surface area contributed by atoms with Crippen LogP contribution >= 0.6 is 0 Å². The number of hydrogen-bond acceptors (Lipinski definition) is 7. The van der Waals surface area contributed by atoms with Gasteiger partial charge in [0.25, 0.3) is 0 Å². The molecule has 3 aliphatic rings. The average molecular weight is 570 g/mol. The minimum atomic E-state index is -4.60. The monoisotopic (exact) mass is 569 g/mol. The van der Waals surface area contributed by atoms with Gasteiger partial charge in [-0.3, -0.25) is 9.69 Å². The molecular formula is C30H38F3N7O. The number of nitriles is 1. The molecule has 2 N–H and O–H groups in total. The predicted molar refractivity (Wildman–Crippen MR) is 153 cm³/mol. The van der Waals surface area contributed by atoms with Crippen LogP contribution in [0.1, 0.15) is 43.7 Å². The largest absolute Gasteiger partial charge is 0.417 e. The maximum Gasteiger partial charge on any atom is 0.417 e. The first-order chi connectivity index (χ1) is 19.7. The fraction of sp³-hybridized carbons (Fsp3) is 0.567. The molecule has 3 aliphatic heterocycles. The van der Waals surface area contributed by atoms with Gasteiger partial charge in [-0.1, -0.05) is 0 Å². The Balaban J connectivity index is 1.08. The van der Waals surface area contributed by atoms with Crippen molar-refractivity contribution in [2.24, 2.45) is 11.8 Å². The van der Waals surface area contributed by atoms with Gasteiger partial charge in [-0.05, 0) is 68.9 Å². The highest BCUT2D eigenvalue weighted by atomic mass is 19.4. The van der Waals surface area contributed by atoms with E-state index >= 15 is 0 Å². The molecule has 0 aliphatic carbocycles. The Morgan fingerprint density at radius 3 is 2.37 bits per heavy atom. The third-order valence-electron chi connectivity index (χ3n) is 8.77. The van der Waals surface area contributed by atoms with Crippen LogP contribution in [0.4, 0.5) is 30.4 Å². The highest BCUT2D eigenvalue weighted by Crippen LogP contribution is 2.35. The fourth-order valence-corrected chi connectivity index (χ4v) is 6.20. The first-order valence-corrected chi connectivity index (χ1v) is 14.5. The van der Waals surface area contributed by atoms with Gasteiger partial charge in [0.1, 0.15) is 5.82 Å². The number of piperidine rings is 2. The molecule has 5 rings (SSSR count). The van der Waals surface area contributed by atoms with E-state index in [4.69, 9.17) is 5.26 Å². The van der Waals surface area contributed by atoms with Crippen LogP contribution in [-0.4, -0.2) is 74.2 Å². The summed E-state index contributed by atoms with van der Waals surface area (Å²) in [6.07, 6.45) is 0.587. The van der Waals surface area contributed by atoms with Crippen LogP contribution < -0.4 is 20.4 Å². The normalized spacial score (nSPS) is 21.5. The first kappa shape index (κ1) is 29.1. The lowest BCUT2D eigenvalue weighted by Crippen LogP contribution is -2.52. The van der Waals surface area contributed by atoms with Crippen molar-refractivity contribution in [2.45, 2.75) is 44.8 Å². The molecule has 3 saturated heterocycles. The lowest BCUT2D eigenvalue weighted by Gasteiger charge is -2.39. The van der Waals surface area contributed by atoms with E-state index < -0.39 is 11.7 Å². The molecular weight excluding hydrogens is 531 g/mol. The molecule has 4 heterocycles. The smallest absolute Gasteiger partial charge is 0.371 e.